The van der Waals surface area contributed by atoms with Crippen molar-refractivity contribution in [2.75, 3.05) is 13.2 Å². The molecule has 2 aromatic carbocycles. The molecule has 33 heavy (non-hydrogen) atoms. The highest BCUT2D eigenvalue weighted by Gasteiger charge is 2.49. The second kappa shape index (κ2) is 13.1. The summed E-state index contributed by atoms with van der Waals surface area (Å²) in [6.07, 6.45) is 9.27. The van der Waals surface area contributed by atoms with Crippen LogP contribution in [0.1, 0.15) is 71.6 Å². The maximum absolute atomic E-state index is 12.2. The van der Waals surface area contributed by atoms with Gasteiger partial charge in [0.25, 0.3) is 8.32 Å². The van der Waals surface area contributed by atoms with E-state index in [4.69, 9.17) is 9.47 Å². The summed E-state index contributed by atoms with van der Waals surface area (Å²) >= 11 is 0. The van der Waals surface area contributed by atoms with E-state index in [1.54, 1.807) is 0 Å². The van der Waals surface area contributed by atoms with Gasteiger partial charge in [0.1, 0.15) is 0 Å². The van der Waals surface area contributed by atoms with Crippen LogP contribution in [0, 0.1) is 11.8 Å². The van der Waals surface area contributed by atoms with E-state index in [9.17, 15) is 4.80 Å². The molecular weight excluding hydrogens is 424 g/mol. The van der Waals surface area contributed by atoms with E-state index in [1.807, 2.05) is 36.4 Å². The smallest absolute Gasteiger partial charge is 0.258 e. The fraction of sp³-hybridized carbons (Fsp3) is 0.517. The average Bonchev–Trinajstić information content (AvgIpc) is 2.86. The fourth-order valence-electron chi connectivity index (χ4n) is 4.66. The molecular formula is C29H40O3Si. The molecule has 0 amide bonds. The van der Waals surface area contributed by atoms with Crippen molar-refractivity contribution in [3.8, 4) is 11.8 Å². The van der Waals surface area contributed by atoms with Crippen molar-refractivity contribution in [3.63, 3.8) is 0 Å². The van der Waals surface area contributed by atoms with E-state index in [0.717, 1.165) is 75.0 Å². The molecule has 1 unspecified atom stereocenters. The third-order valence-electron chi connectivity index (χ3n) is 6.73. The van der Waals surface area contributed by atoms with Gasteiger partial charge in [-0.2, -0.15) is 0 Å². The lowest BCUT2D eigenvalue weighted by Gasteiger charge is -2.41. The predicted octanol–water partition coefficient (Wildman–Crippen LogP) is 5.41. The summed E-state index contributed by atoms with van der Waals surface area (Å²) in [5.74, 6) is 6.67. The summed E-state index contributed by atoms with van der Waals surface area (Å²) in [7, 11) is -2.91. The molecule has 2 aromatic rings. The van der Waals surface area contributed by atoms with Crippen LogP contribution in [0.15, 0.2) is 60.7 Å². The quantitative estimate of drug-likeness (QED) is 0.275. The third kappa shape index (κ3) is 7.29. The molecule has 0 radical (unpaired) electrons. The highest BCUT2D eigenvalue weighted by Crippen LogP contribution is 2.40. The molecule has 3 rings (SSSR count). The van der Waals surface area contributed by atoms with Gasteiger partial charge in [0, 0.05) is 26.1 Å². The maximum Gasteiger partial charge on any atom is 0.258 e. The molecule has 1 saturated heterocycles. The van der Waals surface area contributed by atoms with Crippen molar-refractivity contribution < 1.29 is 14.3 Å². The molecule has 3 nitrogen and oxygen atoms in total. The zero-order valence-corrected chi connectivity index (χ0v) is 21.4. The number of unbranched alkanes of at least 4 members (excludes halogenated alkanes) is 3. The van der Waals surface area contributed by atoms with Crippen molar-refractivity contribution >= 4 is 18.7 Å². The first-order valence-corrected chi connectivity index (χ1v) is 14.5. The second-order valence-corrected chi connectivity index (χ2v) is 13.6. The van der Waals surface area contributed by atoms with E-state index in [-0.39, 0.29) is 11.3 Å². The molecule has 0 aromatic heterocycles. The van der Waals surface area contributed by atoms with E-state index < -0.39 is 8.32 Å². The molecule has 0 spiro atoms. The third-order valence-corrected chi connectivity index (χ3v) is 11.3. The molecule has 4 heteroatoms. The molecule has 1 aliphatic rings. The molecule has 1 aliphatic heterocycles. The Labute approximate surface area is 201 Å². The van der Waals surface area contributed by atoms with Gasteiger partial charge in [0.15, 0.2) is 6.29 Å². The highest BCUT2D eigenvalue weighted by molar-refractivity contribution is 6.98. The minimum absolute atomic E-state index is 0.0159. The summed E-state index contributed by atoms with van der Waals surface area (Å²) in [5, 5.41) is 1.96. The van der Waals surface area contributed by atoms with Crippen molar-refractivity contribution in [2.24, 2.45) is 0 Å². The molecule has 178 valence electrons. The summed E-state index contributed by atoms with van der Waals surface area (Å²) in [6.45, 7) is 6.05. The van der Waals surface area contributed by atoms with E-state index >= 15 is 0 Å². The average molecular weight is 465 g/mol. The Balaban J connectivity index is 1.45. The summed E-state index contributed by atoms with van der Waals surface area (Å²) in [5.41, 5.74) is 0. The summed E-state index contributed by atoms with van der Waals surface area (Å²) in [4.78, 5) is 12.2. The van der Waals surface area contributed by atoms with Gasteiger partial charge in [-0.25, -0.2) is 0 Å². The van der Waals surface area contributed by atoms with Crippen LogP contribution in [0.4, 0.5) is 0 Å². The minimum Gasteiger partial charge on any atom is -0.424 e. The predicted molar refractivity (Wildman–Crippen MR) is 139 cm³/mol. The molecule has 1 heterocycles. The Hall–Kier alpha value is -1.90. The molecule has 0 saturated carbocycles. The first kappa shape index (κ1) is 25.7. The standard InChI is InChI=1S/C29H40O3Si/c1-29(2,33(30,26-18-10-8-11-19-26)27-20-12-9-13-21-27)23-15-6-4-3-5-7-16-24-31-28-22-14-17-25-32-28/h8-13,18-21,28,30H,5-7,14-17,22-25H2,1-2H3. The lowest BCUT2D eigenvalue weighted by Crippen LogP contribution is -2.65. The van der Waals surface area contributed by atoms with Gasteiger partial charge < -0.3 is 14.3 Å². The number of ether oxygens (including phenoxy) is 2. The lowest BCUT2D eigenvalue weighted by molar-refractivity contribution is -0.162. The van der Waals surface area contributed by atoms with Crippen LogP contribution in [-0.4, -0.2) is 32.6 Å². The molecule has 0 bridgehead atoms. The van der Waals surface area contributed by atoms with Crippen molar-refractivity contribution in [1.29, 1.82) is 0 Å². The van der Waals surface area contributed by atoms with E-state index in [0.29, 0.717) is 0 Å². The topological polar surface area (TPSA) is 38.7 Å². The van der Waals surface area contributed by atoms with Crippen LogP contribution in [0.5, 0.6) is 0 Å². The normalized spacial score (nSPS) is 16.8. The number of rotatable bonds is 11. The highest BCUT2D eigenvalue weighted by atomic mass is 28.4. The Morgan fingerprint density at radius 3 is 2.09 bits per heavy atom. The van der Waals surface area contributed by atoms with Gasteiger partial charge in [-0.3, -0.25) is 0 Å². The largest absolute Gasteiger partial charge is 0.424 e. The van der Waals surface area contributed by atoms with Gasteiger partial charge in [-0.1, -0.05) is 74.5 Å². The van der Waals surface area contributed by atoms with Crippen LogP contribution in [0.2, 0.25) is 5.04 Å². The Morgan fingerprint density at radius 2 is 1.52 bits per heavy atom. The Morgan fingerprint density at radius 1 is 0.909 bits per heavy atom. The second-order valence-electron chi connectivity index (χ2n) is 9.66. The van der Waals surface area contributed by atoms with Crippen molar-refractivity contribution in [1.82, 2.24) is 0 Å². The number of benzene rings is 2. The zero-order valence-electron chi connectivity index (χ0n) is 20.4. The van der Waals surface area contributed by atoms with Gasteiger partial charge in [0.05, 0.1) is 0 Å². The van der Waals surface area contributed by atoms with Crippen molar-refractivity contribution in [2.45, 2.75) is 83.0 Å². The molecule has 1 atom stereocenters. The first-order valence-electron chi connectivity index (χ1n) is 12.6. The summed E-state index contributed by atoms with van der Waals surface area (Å²) < 4.78 is 11.4. The van der Waals surface area contributed by atoms with E-state index in [1.165, 1.54) is 6.42 Å². The lowest BCUT2D eigenvalue weighted by atomic mass is 10.1. The number of hydrogen-bond acceptors (Lipinski definition) is 3. The molecule has 1 fully saturated rings. The van der Waals surface area contributed by atoms with Gasteiger partial charge in [-0.15, -0.1) is 11.8 Å². The van der Waals surface area contributed by atoms with Crippen molar-refractivity contribution in [3.05, 3.63) is 60.7 Å². The fourth-order valence-corrected chi connectivity index (χ4v) is 8.44. The van der Waals surface area contributed by atoms with Gasteiger partial charge in [-0.05, 0) is 60.4 Å². The molecule has 1 N–H and O–H groups in total. The summed E-state index contributed by atoms with van der Waals surface area (Å²) in [6, 6.07) is 20.5. The van der Waals surface area contributed by atoms with Crippen LogP contribution in [0.3, 0.4) is 0 Å². The van der Waals surface area contributed by atoms with Crippen LogP contribution < -0.4 is 10.4 Å². The zero-order chi connectivity index (χ0) is 23.4. The van der Waals surface area contributed by atoms with Gasteiger partial charge >= 0.3 is 0 Å². The van der Waals surface area contributed by atoms with Crippen LogP contribution in [0.25, 0.3) is 0 Å². The van der Waals surface area contributed by atoms with Crippen LogP contribution in [-0.2, 0) is 9.47 Å². The first-order chi connectivity index (χ1) is 16.0. The van der Waals surface area contributed by atoms with Crippen LogP contribution >= 0.6 is 0 Å². The maximum atomic E-state index is 12.2. The van der Waals surface area contributed by atoms with E-state index in [2.05, 4.69) is 50.0 Å². The monoisotopic (exact) mass is 464 g/mol. The minimum atomic E-state index is -2.91. The molecule has 0 aliphatic carbocycles. The van der Waals surface area contributed by atoms with Gasteiger partial charge in [0.2, 0.25) is 0 Å². The Bertz CT molecular complexity index is 824. The Kier molecular flexibility index (Phi) is 10.2. The SMILES string of the molecule is CC(C)(CCCC#CCCCCOC1CCCCO1)[Si](O)(c1ccccc1)c1ccccc1. The number of hydrogen-bond donors (Lipinski definition) is 1.